The molecule has 0 unspecified atom stereocenters. The second-order valence-corrected chi connectivity index (χ2v) is 8.04. The van der Waals surface area contributed by atoms with Crippen LogP contribution in [0.5, 0.6) is 0 Å². The molecule has 2 N–H and O–H groups in total. The summed E-state index contributed by atoms with van der Waals surface area (Å²) in [6.07, 6.45) is 6.89. The van der Waals surface area contributed by atoms with Crippen LogP contribution < -0.4 is 9.62 Å². The predicted molar refractivity (Wildman–Crippen MR) is 88.7 cm³/mol. The minimum absolute atomic E-state index is 0.220. The number of nitrogens with one attached hydrogen (secondary N) is 2. The van der Waals surface area contributed by atoms with Gasteiger partial charge in [-0.1, -0.05) is 0 Å². The Labute approximate surface area is 135 Å². The van der Waals surface area contributed by atoms with Crippen molar-refractivity contribution in [3.05, 3.63) is 12.7 Å². The minimum atomic E-state index is -3.13. The number of H-pyrrole nitrogens is 1. The fourth-order valence-corrected chi connectivity index (χ4v) is 4.41. The lowest BCUT2D eigenvalue weighted by atomic mass is 9.86. The molecule has 0 amide bonds. The van der Waals surface area contributed by atoms with Gasteiger partial charge in [0, 0.05) is 13.1 Å². The van der Waals surface area contributed by atoms with E-state index in [0.29, 0.717) is 11.7 Å². The van der Waals surface area contributed by atoms with Crippen LogP contribution in [0.15, 0.2) is 12.7 Å². The highest BCUT2D eigenvalue weighted by Crippen LogP contribution is 2.31. The lowest BCUT2D eigenvalue weighted by Crippen LogP contribution is -2.38. The Morgan fingerprint density at radius 3 is 2.70 bits per heavy atom. The second kappa shape index (κ2) is 6.40. The number of hydrogen-bond acceptors (Lipinski definition) is 6. The number of aromatic amines is 1. The van der Waals surface area contributed by atoms with Crippen LogP contribution in [0, 0.1) is 5.92 Å². The van der Waals surface area contributed by atoms with Crippen molar-refractivity contribution in [2.24, 2.45) is 5.92 Å². The van der Waals surface area contributed by atoms with Crippen molar-refractivity contribution >= 4 is 27.0 Å². The van der Waals surface area contributed by atoms with E-state index in [0.717, 1.165) is 37.0 Å². The van der Waals surface area contributed by atoms with Gasteiger partial charge in [0.2, 0.25) is 10.0 Å². The first-order chi connectivity index (χ1) is 11.0. The van der Waals surface area contributed by atoms with Gasteiger partial charge in [0.15, 0.2) is 11.5 Å². The second-order valence-electron chi connectivity index (χ2n) is 6.07. The maximum Gasteiger partial charge on any atom is 0.211 e. The SMILES string of the molecule is CNS(=O)(=O)CC1CCC(N(C)c2ncnc3nc[nH]c23)CC1. The van der Waals surface area contributed by atoms with E-state index in [2.05, 4.69) is 29.6 Å². The van der Waals surface area contributed by atoms with Crippen LogP contribution in [-0.4, -0.2) is 54.2 Å². The van der Waals surface area contributed by atoms with Crippen LogP contribution in [0.2, 0.25) is 0 Å². The fourth-order valence-electron chi connectivity index (χ4n) is 3.29. The molecule has 0 aromatic carbocycles. The zero-order chi connectivity index (χ0) is 16.4. The average molecular weight is 338 g/mol. The molecule has 1 saturated carbocycles. The summed E-state index contributed by atoms with van der Waals surface area (Å²) in [6, 6.07) is 0.352. The van der Waals surface area contributed by atoms with Crippen molar-refractivity contribution in [3.63, 3.8) is 0 Å². The van der Waals surface area contributed by atoms with Crippen LogP contribution in [0.1, 0.15) is 25.7 Å². The predicted octanol–water partition coefficient (Wildman–Crippen LogP) is 0.897. The summed E-state index contributed by atoms with van der Waals surface area (Å²) >= 11 is 0. The molecule has 0 radical (unpaired) electrons. The molecular formula is C14H22N6O2S. The summed E-state index contributed by atoms with van der Waals surface area (Å²) in [6.45, 7) is 0. The van der Waals surface area contributed by atoms with Crippen molar-refractivity contribution in [2.45, 2.75) is 31.7 Å². The number of sulfonamides is 1. The van der Waals surface area contributed by atoms with E-state index in [1.54, 1.807) is 6.33 Å². The van der Waals surface area contributed by atoms with Gasteiger partial charge in [-0.2, -0.15) is 0 Å². The van der Waals surface area contributed by atoms with Gasteiger partial charge in [0.1, 0.15) is 11.8 Å². The molecule has 0 atom stereocenters. The normalized spacial score (nSPS) is 22.3. The third kappa shape index (κ3) is 3.45. The average Bonchev–Trinajstić information content (AvgIpc) is 3.03. The third-order valence-corrected chi connectivity index (χ3v) is 6.20. The Morgan fingerprint density at radius 1 is 1.26 bits per heavy atom. The van der Waals surface area contributed by atoms with E-state index in [-0.39, 0.29) is 11.7 Å². The number of imidazole rings is 1. The lowest BCUT2D eigenvalue weighted by molar-refractivity contribution is 0.340. The molecule has 0 bridgehead atoms. The zero-order valence-corrected chi connectivity index (χ0v) is 14.2. The molecule has 9 heteroatoms. The highest BCUT2D eigenvalue weighted by molar-refractivity contribution is 7.89. The van der Waals surface area contributed by atoms with Crippen LogP contribution >= 0.6 is 0 Å². The molecule has 1 aliphatic carbocycles. The lowest BCUT2D eigenvalue weighted by Gasteiger charge is -2.35. The maximum atomic E-state index is 11.7. The Hall–Kier alpha value is -1.74. The maximum absolute atomic E-state index is 11.7. The zero-order valence-electron chi connectivity index (χ0n) is 13.4. The minimum Gasteiger partial charge on any atom is -0.355 e. The Bertz CT molecular complexity index is 766. The van der Waals surface area contributed by atoms with Gasteiger partial charge >= 0.3 is 0 Å². The summed E-state index contributed by atoms with van der Waals surface area (Å²) in [7, 11) is 0.370. The first-order valence-corrected chi connectivity index (χ1v) is 9.43. The van der Waals surface area contributed by atoms with Gasteiger partial charge in [0.25, 0.3) is 0 Å². The molecule has 3 rings (SSSR count). The van der Waals surface area contributed by atoms with Crippen LogP contribution in [0.3, 0.4) is 0 Å². The van der Waals surface area contributed by atoms with E-state index in [1.807, 2.05) is 7.05 Å². The van der Waals surface area contributed by atoms with Gasteiger partial charge in [-0.05, 0) is 38.6 Å². The van der Waals surface area contributed by atoms with Gasteiger partial charge in [-0.3, -0.25) is 0 Å². The molecule has 126 valence electrons. The first-order valence-electron chi connectivity index (χ1n) is 7.78. The van der Waals surface area contributed by atoms with Crippen molar-refractivity contribution < 1.29 is 8.42 Å². The van der Waals surface area contributed by atoms with E-state index >= 15 is 0 Å². The van der Waals surface area contributed by atoms with Crippen molar-refractivity contribution in [1.29, 1.82) is 0 Å². The number of rotatable bonds is 5. The highest BCUT2D eigenvalue weighted by Gasteiger charge is 2.28. The number of aromatic nitrogens is 4. The molecule has 1 fully saturated rings. The number of anilines is 1. The van der Waals surface area contributed by atoms with E-state index in [1.165, 1.54) is 13.4 Å². The summed E-state index contributed by atoms with van der Waals surface area (Å²) < 4.78 is 25.7. The molecule has 0 spiro atoms. The summed E-state index contributed by atoms with van der Waals surface area (Å²) in [5, 5.41) is 0. The molecular weight excluding hydrogens is 316 g/mol. The van der Waals surface area contributed by atoms with Crippen LogP contribution in [-0.2, 0) is 10.0 Å². The molecule has 0 saturated heterocycles. The summed E-state index contributed by atoms with van der Waals surface area (Å²) in [5.41, 5.74) is 1.51. The Balaban J connectivity index is 1.67. The third-order valence-electron chi connectivity index (χ3n) is 4.67. The topological polar surface area (TPSA) is 104 Å². The standard InChI is InChI=1S/C14H22N6O2S/c1-15-23(21,22)7-10-3-5-11(6-4-10)20(2)14-12-13(17-8-16-12)18-9-19-14/h8-11,15H,3-7H2,1-2H3,(H,16,17,18,19). The van der Waals surface area contributed by atoms with E-state index < -0.39 is 10.0 Å². The van der Waals surface area contributed by atoms with Crippen molar-refractivity contribution in [1.82, 2.24) is 24.7 Å². The van der Waals surface area contributed by atoms with Gasteiger partial charge in [-0.15, -0.1) is 0 Å². The van der Waals surface area contributed by atoms with Gasteiger partial charge in [-0.25, -0.2) is 28.1 Å². The highest BCUT2D eigenvalue weighted by atomic mass is 32.2. The Morgan fingerprint density at radius 2 is 2.00 bits per heavy atom. The van der Waals surface area contributed by atoms with E-state index in [4.69, 9.17) is 0 Å². The van der Waals surface area contributed by atoms with Gasteiger partial charge < -0.3 is 9.88 Å². The smallest absolute Gasteiger partial charge is 0.211 e. The summed E-state index contributed by atoms with van der Waals surface area (Å²) in [5.74, 6) is 1.30. The number of nitrogens with zero attached hydrogens (tertiary/aromatic N) is 4. The van der Waals surface area contributed by atoms with Crippen molar-refractivity contribution in [3.8, 4) is 0 Å². The molecule has 0 aliphatic heterocycles. The summed E-state index contributed by atoms with van der Waals surface area (Å²) in [4.78, 5) is 17.9. The quantitative estimate of drug-likeness (QED) is 0.839. The molecule has 1 aliphatic rings. The largest absolute Gasteiger partial charge is 0.355 e. The Kier molecular flexibility index (Phi) is 4.49. The number of hydrogen-bond donors (Lipinski definition) is 2. The first kappa shape index (κ1) is 16.1. The molecule has 2 aromatic heterocycles. The van der Waals surface area contributed by atoms with Crippen LogP contribution in [0.4, 0.5) is 5.82 Å². The van der Waals surface area contributed by atoms with E-state index in [9.17, 15) is 8.42 Å². The van der Waals surface area contributed by atoms with Gasteiger partial charge in [0.05, 0.1) is 12.1 Å². The fraction of sp³-hybridized carbons (Fsp3) is 0.643. The molecule has 2 heterocycles. The molecule has 2 aromatic rings. The molecule has 23 heavy (non-hydrogen) atoms. The number of fused-ring (bicyclic) bond motifs is 1. The molecule has 8 nitrogen and oxygen atoms in total. The van der Waals surface area contributed by atoms with Crippen LogP contribution in [0.25, 0.3) is 11.2 Å². The van der Waals surface area contributed by atoms with Crippen molar-refractivity contribution in [2.75, 3.05) is 24.7 Å². The monoisotopic (exact) mass is 338 g/mol.